The number of hydrogen-bond donors (Lipinski definition) is 0. The molecule has 1 nitrogen and oxygen atoms in total. The van der Waals surface area contributed by atoms with Gasteiger partial charge in [-0.15, -0.1) is 0 Å². The molecule has 0 amide bonds. The largest absolute Gasteiger partial charge is 0.381 e. The van der Waals surface area contributed by atoms with Crippen LogP contribution in [0.4, 0.5) is 0 Å². The summed E-state index contributed by atoms with van der Waals surface area (Å²) in [6.07, 6.45) is 0. The van der Waals surface area contributed by atoms with Crippen molar-refractivity contribution in [3.05, 3.63) is 0 Å². The van der Waals surface area contributed by atoms with Crippen molar-refractivity contribution in [2.24, 2.45) is 11.8 Å². The lowest BCUT2D eigenvalue weighted by atomic mass is 10.4. The molecule has 0 aromatic carbocycles. The van der Waals surface area contributed by atoms with E-state index in [9.17, 15) is 0 Å². The Labute approximate surface area is 51.2 Å². The highest BCUT2D eigenvalue weighted by atomic mass is 79.9. The van der Waals surface area contributed by atoms with Gasteiger partial charge in [-0.25, -0.2) is 0 Å². The van der Waals surface area contributed by atoms with E-state index in [4.69, 9.17) is 4.74 Å². The Morgan fingerprint density at radius 3 is 2.14 bits per heavy atom. The van der Waals surface area contributed by atoms with Gasteiger partial charge in [0.15, 0.2) is 0 Å². The lowest BCUT2D eigenvalue weighted by Crippen LogP contribution is -1.94. The van der Waals surface area contributed by atoms with Gasteiger partial charge in [0, 0.05) is 16.7 Å². The van der Waals surface area contributed by atoms with Gasteiger partial charge in [-0.3, -0.25) is 0 Å². The minimum Gasteiger partial charge on any atom is -0.381 e. The van der Waals surface area contributed by atoms with E-state index in [1.54, 1.807) is 0 Å². The third-order valence-corrected chi connectivity index (χ3v) is 3.21. The fourth-order valence-electron chi connectivity index (χ4n) is 1.17. The van der Waals surface area contributed by atoms with Crippen LogP contribution in [0.1, 0.15) is 0 Å². The normalized spacial score (nSPS) is 57.0. The average Bonchev–Trinajstić information content (AvgIpc) is 2.26. The van der Waals surface area contributed by atoms with Crippen molar-refractivity contribution < 1.29 is 4.74 Å². The Hall–Kier alpha value is 0.440. The summed E-state index contributed by atoms with van der Waals surface area (Å²) in [5, 5.41) is 0. The molecular weight excluding hydrogens is 156 g/mol. The molecule has 0 N–H and O–H groups in total. The van der Waals surface area contributed by atoms with Crippen LogP contribution in [0.15, 0.2) is 0 Å². The molecule has 0 bridgehead atoms. The van der Waals surface area contributed by atoms with Crippen molar-refractivity contribution in [1.82, 2.24) is 0 Å². The van der Waals surface area contributed by atoms with E-state index in [-0.39, 0.29) is 0 Å². The monoisotopic (exact) mass is 162 g/mol. The van der Waals surface area contributed by atoms with Crippen LogP contribution in [0.5, 0.6) is 0 Å². The zero-order valence-electron chi connectivity index (χ0n) is 3.93. The van der Waals surface area contributed by atoms with Crippen LogP contribution in [0.2, 0.25) is 0 Å². The second-order valence-corrected chi connectivity index (χ2v) is 3.37. The van der Waals surface area contributed by atoms with E-state index in [0.29, 0.717) is 0 Å². The van der Waals surface area contributed by atoms with Gasteiger partial charge >= 0.3 is 0 Å². The summed E-state index contributed by atoms with van der Waals surface area (Å²) >= 11 is 3.55. The fraction of sp³-hybridized carbons (Fsp3) is 1.00. The molecule has 0 unspecified atom stereocenters. The maximum Gasteiger partial charge on any atom is 0.0509 e. The number of halogens is 1. The zero-order valence-corrected chi connectivity index (χ0v) is 5.52. The minimum absolute atomic E-state index is 0.807. The van der Waals surface area contributed by atoms with Gasteiger partial charge in [0.05, 0.1) is 13.2 Å². The first-order chi connectivity index (χ1) is 3.39. The Morgan fingerprint density at radius 1 is 1.29 bits per heavy atom. The van der Waals surface area contributed by atoms with E-state index in [0.717, 1.165) is 29.9 Å². The van der Waals surface area contributed by atoms with Crippen molar-refractivity contribution >= 4 is 15.9 Å². The van der Waals surface area contributed by atoms with E-state index < -0.39 is 0 Å². The standard InChI is InChI=1S/C5H7BrO/c6-5-3-1-7-2-4(3)5/h3-5H,1-2H2/t3-,4-/m0/s1. The molecule has 7 heavy (non-hydrogen) atoms. The number of hydrogen-bond acceptors (Lipinski definition) is 1. The summed E-state index contributed by atoms with van der Waals surface area (Å²) in [6.45, 7) is 2.00. The van der Waals surface area contributed by atoms with Gasteiger partial charge in [-0.2, -0.15) is 0 Å². The molecular formula is C5H7BrO. The Kier molecular flexibility index (Phi) is 0.762. The van der Waals surface area contributed by atoms with E-state index in [2.05, 4.69) is 15.9 Å². The van der Waals surface area contributed by atoms with Gasteiger partial charge in [-0.05, 0) is 0 Å². The summed E-state index contributed by atoms with van der Waals surface area (Å²) in [6, 6.07) is 0. The first kappa shape index (κ1) is 4.33. The summed E-state index contributed by atoms with van der Waals surface area (Å²) in [5.41, 5.74) is 0. The molecule has 0 spiro atoms. The second-order valence-electron chi connectivity index (χ2n) is 2.31. The third kappa shape index (κ3) is 0.470. The lowest BCUT2D eigenvalue weighted by Gasteiger charge is -1.92. The van der Waals surface area contributed by atoms with Crippen LogP contribution in [0, 0.1) is 11.8 Å². The summed E-state index contributed by atoms with van der Waals surface area (Å²) in [5.74, 6) is 1.75. The molecule has 2 rings (SSSR count). The maximum absolute atomic E-state index is 5.15. The van der Waals surface area contributed by atoms with Crippen LogP contribution in [-0.2, 0) is 4.74 Å². The Morgan fingerprint density at radius 2 is 1.86 bits per heavy atom. The molecule has 1 heterocycles. The Bertz CT molecular complexity index is 84.1. The molecule has 1 saturated carbocycles. The lowest BCUT2D eigenvalue weighted by molar-refractivity contribution is 0.167. The van der Waals surface area contributed by atoms with Crippen LogP contribution < -0.4 is 0 Å². The summed E-state index contributed by atoms with van der Waals surface area (Å²) < 4.78 is 5.15. The van der Waals surface area contributed by atoms with Crippen molar-refractivity contribution in [3.8, 4) is 0 Å². The van der Waals surface area contributed by atoms with Gasteiger partial charge in [-0.1, -0.05) is 15.9 Å². The second kappa shape index (κ2) is 1.23. The number of rotatable bonds is 0. The number of alkyl halides is 1. The highest BCUT2D eigenvalue weighted by Gasteiger charge is 2.52. The molecule has 2 atom stereocenters. The highest BCUT2D eigenvalue weighted by Crippen LogP contribution is 2.49. The molecule has 1 saturated heterocycles. The molecule has 1 aliphatic carbocycles. The quantitative estimate of drug-likeness (QED) is 0.484. The van der Waals surface area contributed by atoms with E-state index in [1.165, 1.54) is 0 Å². The number of fused-ring (bicyclic) bond motifs is 1. The maximum atomic E-state index is 5.15. The average molecular weight is 163 g/mol. The smallest absolute Gasteiger partial charge is 0.0509 e. The molecule has 2 aliphatic rings. The SMILES string of the molecule is BrC1[C@H]2COC[C@H]12. The first-order valence-electron chi connectivity index (χ1n) is 2.61. The molecule has 0 aromatic heterocycles. The van der Waals surface area contributed by atoms with Gasteiger partial charge in [0.25, 0.3) is 0 Å². The zero-order chi connectivity index (χ0) is 4.85. The molecule has 40 valence electrons. The minimum atomic E-state index is 0.807. The van der Waals surface area contributed by atoms with Crippen molar-refractivity contribution in [2.75, 3.05) is 13.2 Å². The molecule has 0 radical (unpaired) electrons. The van der Waals surface area contributed by atoms with Crippen LogP contribution >= 0.6 is 15.9 Å². The topological polar surface area (TPSA) is 9.23 Å². The van der Waals surface area contributed by atoms with Gasteiger partial charge in [0.1, 0.15) is 0 Å². The van der Waals surface area contributed by atoms with Crippen LogP contribution in [0.3, 0.4) is 0 Å². The van der Waals surface area contributed by atoms with E-state index >= 15 is 0 Å². The fourth-order valence-corrected chi connectivity index (χ4v) is 2.08. The molecule has 2 fully saturated rings. The van der Waals surface area contributed by atoms with Crippen molar-refractivity contribution in [2.45, 2.75) is 4.83 Å². The van der Waals surface area contributed by atoms with E-state index in [1.807, 2.05) is 0 Å². The Balaban J connectivity index is 2.06. The van der Waals surface area contributed by atoms with Crippen molar-refractivity contribution in [1.29, 1.82) is 0 Å². The molecule has 2 heteroatoms. The van der Waals surface area contributed by atoms with Crippen molar-refractivity contribution in [3.63, 3.8) is 0 Å². The van der Waals surface area contributed by atoms with Gasteiger partial charge < -0.3 is 4.74 Å². The van der Waals surface area contributed by atoms with Gasteiger partial charge in [0.2, 0.25) is 0 Å². The molecule has 1 aliphatic heterocycles. The highest BCUT2D eigenvalue weighted by molar-refractivity contribution is 9.09. The number of ether oxygens (including phenoxy) is 1. The summed E-state index contributed by atoms with van der Waals surface area (Å²) in [4.78, 5) is 0.807. The predicted molar refractivity (Wildman–Crippen MR) is 30.5 cm³/mol. The van der Waals surface area contributed by atoms with Crippen LogP contribution in [-0.4, -0.2) is 18.0 Å². The third-order valence-electron chi connectivity index (χ3n) is 1.85. The molecule has 0 aromatic rings. The van der Waals surface area contributed by atoms with Crippen LogP contribution in [0.25, 0.3) is 0 Å². The summed E-state index contributed by atoms with van der Waals surface area (Å²) in [7, 11) is 0. The predicted octanol–water partition coefficient (Wildman–Crippen LogP) is 1.03. The first-order valence-corrected chi connectivity index (χ1v) is 3.53.